The van der Waals surface area contributed by atoms with Crippen LogP contribution in [0.3, 0.4) is 0 Å². The number of allylic oxidation sites excluding steroid dienone is 2. The fourth-order valence-electron chi connectivity index (χ4n) is 7.70. The molecule has 2 fully saturated rings. The third-order valence-corrected chi connectivity index (χ3v) is 10.8. The van der Waals surface area contributed by atoms with Crippen LogP contribution in [0.2, 0.25) is 5.02 Å². The first-order valence-electron chi connectivity index (χ1n) is 12.6. The molecule has 1 aromatic carbocycles. The Bertz CT molecular complexity index is 1250. The minimum Gasteiger partial charge on any atom is -0.350 e. The number of nitrogens with two attached hydrogens (primary N) is 1. The molecule has 4 aliphatic rings. The zero-order valence-corrected chi connectivity index (χ0v) is 21.8. The maximum absolute atomic E-state index is 11.3. The molecule has 2 amide bonds. The van der Waals surface area contributed by atoms with Gasteiger partial charge in [0.25, 0.3) is 0 Å². The van der Waals surface area contributed by atoms with E-state index in [9.17, 15) is 4.79 Å². The van der Waals surface area contributed by atoms with Crippen LogP contribution in [-0.4, -0.2) is 16.7 Å². The van der Waals surface area contributed by atoms with Crippen molar-refractivity contribution in [1.82, 2.24) is 10.4 Å². The van der Waals surface area contributed by atoms with Crippen molar-refractivity contribution in [2.75, 3.05) is 5.32 Å². The Hall–Kier alpha value is -2.38. The van der Waals surface area contributed by atoms with Gasteiger partial charge in [-0.3, -0.25) is 0 Å². The summed E-state index contributed by atoms with van der Waals surface area (Å²) in [5.74, 6) is 1.92. The Morgan fingerprint density at radius 1 is 1.17 bits per heavy atom. The Kier molecular flexibility index (Phi) is 5.49. The van der Waals surface area contributed by atoms with Gasteiger partial charge in [-0.25, -0.2) is 15.2 Å². The summed E-state index contributed by atoms with van der Waals surface area (Å²) in [4.78, 5) is 17.6. The summed E-state index contributed by atoms with van der Waals surface area (Å²) in [5.41, 5.74) is 12.8. The smallest absolute Gasteiger partial charge is 0.332 e. The number of carbonyl (C=O) groups is 1. The Labute approximate surface area is 215 Å². The van der Waals surface area contributed by atoms with Gasteiger partial charge in [0.15, 0.2) is 5.13 Å². The monoisotopic (exact) mass is 509 g/mol. The van der Waals surface area contributed by atoms with E-state index < -0.39 is 6.03 Å². The average molecular weight is 510 g/mol. The number of primary amides is 1. The molecule has 35 heavy (non-hydrogen) atoms. The second-order valence-electron chi connectivity index (χ2n) is 11.1. The minimum absolute atomic E-state index is 0.0572. The zero-order chi connectivity index (χ0) is 24.4. The first-order chi connectivity index (χ1) is 16.8. The lowest BCUT2D eigenvalue weighted by Crippen LogP contribution is -2.49. The molecular weight excluding hydrogens is 478 g/mol. The van der Waals surface area contributed by atoms with Crippen LogP contribution < -0.4 is 16.5 Å². The third-order valence-electron chi connectivity index (χ3n) is 9.45. The molecule has 0 radical (unpaired) electrons. The summed E-state index contributed by atoms with van der Waals surface area (Å²) < 4.78 is 0. The van der Waals surface area contributed by atoms with Crippen molar-refractivity contribution in [2.24, 2.45) is 39.4 Å². The third kappa shape index (κ3) is 3.61. The topological polar surface area (TPSA) is 92.4 Å². The van der Waals surface area contributed by atoms with Gasteiger partial charge < -0.3 is 11.1 Å². The van der Waals surface area contributed by atoms with Crippen molar-refractivity contribution in [2.45, 2.75) is 58.8 Å². The number of hydrazone groups is 1. The molecule has 0 saturated heterocycles. The summed E-state index contributed by atoms with van der Waals surface area (Å²) in [7, 11) is 0. The summed E-state index contributed by atoms with van der Waals surface area (Å²) in [6, 6.07) is 7.24. The van der Waals surface area contributed by atoms with Crippen LogP contribution in [0.15, 0.2) is 35.4 Å². The molecule has 6 rings (SSSR count). The second kappa shape index (κ2) is 8.34. The van der Waals surface area contributed by atoms with Gasteiger partial charge >= 0.3 is 6.03 Å². The van der Waals surface area contributed by atoms with Crippen LogP contribution in [0, 0.1) is 28.6 Å². The second-order valence-corrected chi connectivity index (χ2v) is 12.5. The number of urea groups is 1. The first kappa shape index (κ1) is 23.0. The summed E-state index contributed by atoms with van der Waals surface area (Å²) in [6.45, 7) is 4.86. The van der Waals surface area contributed by atoms with E-state index in [1.807, 2.05) is 24.3 Å². The van der Waals surface area contributed by atoms with Crippen molar-refractivity contribution in [1.29, 1.82) is 0 Å². The van der Waals surface area contributed by atoms with Crippen molar-refractivity contribution in [3.8, 4) is 0 Å². The number of anilines is 2. The molecule has 1 aromatic heterocycles. The lowest BCUT2D eigenvalue weighted by atomic mass is 9.48. The fraction of sp³-hybridized carbons (Fsp3) is 0.519. The molecule has 0 spiro atoms. The van der Waals surface area contributed by atoms with Gasteiger partial charge in [0.2, 0.25) is 0 Å². The van der Waals surface area contributed by atoms with E-state index in [2.05, 4.69) is 35.8 Å². The Balaban J connectivity index is 1.29. The van der Waals surface area contributed by atoms with Gasteiger partial charge in [-0.1, -0.05) is 55.0 Å². The quantitative estimate of drug-likeness (QED) is 0.399. The van der Waals surface area contributed by atoms with E-state index >= 15 is 0 Å². The number of carbonyl (C=O) groups excluding carboxylic acids is 1. The minimum atomic E-state index is -0.582. The van der Waals surface area contributed by atoms with Gasteiger partial charge in [0.05, 0.1) is 21.3 Å². The molecule has 6 nitrogen and oxygen atoms in total. The standard InChI is InChI=1S/C27H32ClN5OS/c1-26-14-12-21-23(35-25(31-21)30-20-6-4-3-5-19(20)28)18(26)8-7-15-16-9-10-22(32-33-24(29)34)27(16,2)13-11-17(15)26/h3-6,8,15-17H,7,9-14H2,1-2H3,(H,30,31)(H3,29,33,34)/b32-22+/t15-,16-,17-,26+,27-/m0/s1. The maximum Gasteiger partial charge on any atom is 0.332 e. The lowest BCUT2D eigenvalue weighted by molar-refractivity contribution is 0.0116. The number of para-hydroxylation sites is 1. The van der Waals surface area contributed by atoms with E-state index in [-0.39, 0.29) is 10.8 Å². The molecular formula is C27H32ClN5OS. The largest absolute Gasteiger partial charge is 0.350 e. The molecule has 4 aliphatic carbocycles. The molecule has 0 aliphatic heterocycles. The number of thiazole rings is 1. The number of halogens is 1. The van der Waals surface area contributed by atoms with Gasteiger partial charge in [-0.2, -0.15) is 5.10 Å². The van der Waals surface area contributed by atoms with Gasteiger partial charge in [-0.05, 0) is 85.8 Å². The molecule has 0 bridgehead atoms. The van der Waals surface area contributed by atoms with Crippen molar-refractivity contribution in [3.05, 3.63) is 45.9 Å². The fourth-order valence-corrected chi connectivity index (χ4v) is 9.09. The highest BCUT2D eigenvalue weighted by atomic mass is 35.5. The molecule has 0 unspecified atom stereocenters. The maximum atomic E-state index is 11.3. The van der Waals surface area contributed by atoms with Crippen molar-refractivity contribution in [3.63, 3.8) is 0 Å². The first-order valence-corrected chi connectivity index (χ1v) is 13.8. The van der Waals surface area contributed by atoms with E-state index in [1.165, 1.54) is 22.6 Å². The molecule has 5 atom stereocenters. The molecule has 8 heteroatoms. The molecule has 4 N–H and O–H groups in total. The van der Waals surface area contributed by atoms with Crippen LogP contribution in [0.4, 0.5) is 15.6 Å². The Morgan fingerprint density at radius 2 is 1.97 bits per heavy atom. The summed E-state index contributed by atoms with van der Waals surface area (Å²) in [6.07, 6.45) is 10.2. The number of aromatic nitrogens is 1. The SMILES string of the molecule is C[C@]12CCc3nc(Nc4ccccc4Cl)sc3C1=CC[C@@H]1[C@@H]2CC[C@]2(C)/C(=N/NC(N)=O)CC[C@@H]12. The number of nitrogens with zero attached hydrogens (tertiary/aromatic N) is 2. The average Bonchev–Trinajstić information content (AvgIpc) is 3.39. The summed E-state index contributed by atoms with van der Waals surface area (Å²) >= 11 is 8.15. The van der Waals surface area contributed by atoms with Crippen LogP contribution in [0.1, 0.15) is 62.9 Å². The normalized spacial score (nSPS) is 34.3. The number of benzene rings is 1. The highest BCUT2D eigenvalue weighted by Gasteiger charge is 2.58. The van der Waals surface area contributed by atoms with Crippen LogP contribution in [0.25, 0.3) is 5.57 Å². The van der Waals surface area contributed by atoms with Crippen LogP contribution in [0.5, 0.6) is 0 Å². The number of aryl methyl sites for hydroxylation is 1. The highest BCUT2D eigenvalue weighted by molar-refractivity contribution is 7.16. The lowest BCUT2D eigenvalue weighted by Gasteiger charge is -2.56. The van der Waals surface area contributed by atoms with E-state index in [0.29, 0.717) is 22.8 Å². The van der Waals surface area contributed by atoms with Gasteiger partial charge in [0, 0.05) is 11.1 Å². The van der Waals surface area contributed by atoms with E-state index in [1.54, 1.807) is 11.3 Å². The predicted molar refractivity (Wildman–Crippen MR) is 143 cm³/mol. The highest BCUT2D eigenvalue weighted by Crippen LogP contribution is 2.65. The van der Waals surface area contributed by atoms with E-state index in [4.69, 9.17) is 22.3 Å². The number of fused-ring (bicyclic) bond motifs is 7. The van der Waals surface area contributed by atoms with E-state index in [0.717, 1.165) is 55.1 Å². The number of hydrogen-bond donors (Lipinski definition) is 3. The number of rotatable bonds is 3. The predicted octanol–water partition coefficient (Wildman–Crippen LogP) is 6.75. The molecule has 2 saturated carbocycles. The summed E-state index contributed by atoms with van der Waals surface area (Å²) in [5, 5.41) is 9.52. The van der Waals surface area contributed by atoms with Crippen LogP contribution in [-0.2, 0) is 6.42 Å². The Morgan fingerprint density at radius 3 is 2.77 bits per heavy atom. The van der Waals surface area contributed by atoms with Gasteiger partial charge in [0.1, 0.15) is 0 Å². The number of amides is 2. The molecule has 2 aromatic rings. The number of nitrogens with one attached hydrogen (secondary N) is 2. The van der Waals surface area contributed by atoms with Gasteiger partial charge in [-0.15, -0.1) is 0 Å². The van der Waals surface area contributed by atoms with Crippen molar-refractivity contribution >= 4 is 51.1 Å². The van der Waals surface area contributed by atoms with Crippen LogP contribution >= 0.6 is 22.9 Å². The molecule has 1 heterocycles. The zero-order valence-electron chi connectivity index (χ0n) is 20.2. The number of hydrogen-bond acceptors (Lipinski definition) is 5. The van der Waals surface area contributed by atoms with Crippen molar-refractivity contribution < 1.29 is 4.79 Å². The molecule has 184 valence electrons.